The molecule has 2 heteroatoms. The molecule has 128 valence electrons. The van der Waals surface area contributed by atoms with E-state index in [0.29, 0.717) is 0 Å². The summed E-state index contributed by atoms with van der Waals surface area (Å²) in [7, 11) is 0. The van der Waals surface area contributed by atoms with E-state index in [4.69, 9.17) is 4.74 Å². The van der Waals surface area contributed by atoms with E-state index >= 15 is 0 Å². The number of hydrogen-bond donors (Lipinski definition) is 0. The Balaban J connectivity index is 1.69. The molecule has 0 atom stereocenters. The molecular formula is C24H20O2. The first-order valence-corrected chi connectivity index (χ1v) is 8.93. The van der Waals surface area contributed by atoms with Crippen molar-refractivity contribution in [2.75, 3.05) is 0 Å². The van der Waals surface area contributed by atoms with Gasteiger partial charge in [-0.3, -0.25) is 4.79 Å². The Bertz CT molecular complexity index is 940. The number of carbonyl (C=O) groups excluding carboxylic acids is 1. The molecule has 0 spiro atoms. The number of esters is 1. The molecule has 4 rings (SSSR count). The van der Waals surface area contributed by atoms with Gasteiger partial charge in [-0.1, -0.05) is 84.9 Å². The van der Waals surface area contributed by atoms with Gasteiger partial charge in [-0.15, -0.1) is 0 Å². The van der Waals surface area contributed by atoms with Gasteiger partial charge in [0, 0.05) is 12.0 Å². The normalized spacial score (nSPS) is 13.2. The van der Waals surface area contributed by atoms with E-state index in [-0.39, 0.29) is 12.4 Å². The summed E-state index contributed by atoms with van der Waals surface area (Å²) in [5, 5.41) is 0. The smallest absolute Gasteiger partial charge is 0.315 e. The number of carbonyl (C=O) groups is 1. The molecule has 0 aromatic heterocycles. The fraction of sp³-hybridized carbons (Fsp3) is 0.125. The van der Waals surface area contributed by atoms with E-state index in [1.807, 2.05) is 54.6 Å². The van der Waals surface area contributed by atoms with E-state index in [1.165, 1.54) is 5.56 Å². The zero-order valence-electron chi connectivity index (χ0n) is 14.5. The van der Waals surface area contributed by atoms with E-state index in [1.54, 1.807) is 0 Å². The maximum absolute atomic E-state index is 12.5. The van der Waals surface area contributed by atoms with Gasteiger partial charge in [0.1, 0.15) is 5.76 Å². The van der Waals surface area contributed by atoms with Crippen molar-refractivity contribution in [3.8, 4) is 0 Å². The summed E-state index contributed by atoms with van der Waals surface area (Å²) in [6.45, 7) is 0. The fourth-order valence-corrected chi connectivity index (χ4v) is 3.46. The summed E-state index contributed by atoms with van der Waals surface area (Å²) in [6.07, 6.45) is 1.91. The first-order chi connectivity index (χ1) is 12.8. The Morgan fingerprint density at radius 3 is 2.19 bits per heavy atom. The molecule has 3 aromatic rings. The van der Waals surface area contributed by atoms with Gasteiger partial charge in [0.15, 0.2) is 0 Å². The number of benzene rings is 3. The van der Waals surface area contributed by atoms with Gasteiger partial charge in [-0.05, 0) is 28.7 Å². The number of hydrogen-bond acceptors (Lipinski definition) is 2. The zero-order valence-corrected chi connectivity index (χ0v) is 14.5. The third-order valence-corrected chi connectivity index (χ3v) is 4.68. The molecule has 0 aliphatic heterocycles. The van der Waals surface area contributed by atoms with E-state index < -0.39 is 0 Å². The fourth-order valence-electron chi connectivity index (χ4n) is 3.46. The van der Waals surface area contributed by atoms with Gasteiger partial charge < -0.3 is 4.74 Å². The van der Waals surface area contributed by atoms with Gasteiger partial charge in [0.2, 0.25) is 0 Å². The Labute approximate surface area is 153 Å². The van der Waals surface area contributed by atoms with Crippen LogP contribution in [0.1, 0.15) is 28.7 Å². The van der Waals surface area contributed by atoms with Gasteiger partial charge in [0.25, 0.3) is 0 Å². The van der Waals surface area contributed by atoms with Gasteiger partial charge in [-0.25, -0.2) is 0 Å². The molecule has 1 aliphatic carbocycles. The standard InChI is InChI=1S/C24H20O2/c25-23(17-18-9-3-1-4-10-18)26-22-16-15-19-11-7-8-14-21(19)24(22)20-12-5-2-6-13-20/h1-14H,15-17H2. The molecule has 0 N–H and O–H groups in total. The maximum Gasteiger partial charge on any atom is 0.315 e. The lowest BCUT2D eigenvalue weighted by molar-refractivity contribution is -0.138. The molecule has 1 aliphatic rings. The minimum Gasteiger partial charge on any atom is -0.430 e. The third-order valence-electron chi connectivity index (χ3n) is 4.68. The van der Waals surface area contributed by atoms with Crippen molar-refractivity contribution in [1.29, 1.82) is 0 Å². The SMILES string of the molecule is O=C(Cc1ccccc1)OC1=C(c2ccccc2)c2ccccc2CC1. The van der Waals surface area contributed by atoms with Crippen LogP contribution in [0.25, 0.3) is 5.57 Å². The number of aryl methyl sites for hydroxylation is 1. The highest BCUT2D eigenvalue weighted by atomic mass is 16.5. The molecule has 26 heavy (non-hydrogen) atoms. The summed E-state index contributed by atoms with van der Waals surface area (Å²) in [5.41, 5.74) is 5.55. The molecule has 3 aromatic carbocycles. The van der Waals surface area contributed by atoms with Crippen molar-refractivity contribution in [2.24, 2.45) is 0 Å². The lowest BCUT2D eigenvalue weighted by atomic mass is 9.86. The third kappa shape index (κ3) is 3.45. The number of ether oxygens (including phenoxy) is 1. The highest BCUT2D eigenvalue weighted by Crippen LogP contribution is 2.36. The lowest BCUT2D eigenvalue weighted by Crippen LogP contribution is -2.14. The van der Waals surface area contributed by atoms with Crippen LogP contribution in [0.2, 0.25) is 0 Å². The molecule has 0 heterocycles. The van der Waals surface area contributed by atoms with Crippen molar-refractivity contribution in [2.45, 2.75) is 19.3 Å². The average Bonchev–Trinajstić information content (AvgIpc) is 2.69. The summed E-state index contributed by atoms with van der Waals surface area (Å²) >= 11 is 0. The largest absolute Gasteiger partial charge is 0.430 e. The molecule has 0 saturated heterocycles. The Morgan fingerprint density at radius 1 is 0.769 bits per heavy atom. The second kappa shape index (κ2) is 7.40. The number of rotatable bonds is 4. The first-order valence-electron chi connectivity index (χ1n) is 8.93. The van der Waals surface area contributed by atoms with Crippen LogP contribution in [0, 0.1) is 0 Å². The molecule has 0 radical (unpaired) electrons. The van der Waals surface area contributed by atoms with Crippen LogP contribution < -0.4 is 0 Å². The highest BCUT2D eigenvalue weighted by Gasteiger charge is 2.23. The number of allylic oxidation sites excluding steroid dienone is 1. The van der Waals surface area contributed by atoms with Crippen LogP contribution in [-0.4, -0.2) is 5.97 Å². The van der Waals surface area contributed by atoms with Crippen molar-refractivity contribution in [3.05, 3.63) is 113 Å². The summed E-state index contributed by atoms with van der Waals surface area (Å²) in [4.78, 5) is 12.5. The van der Waals surface area contributed by atoms with Crippen molar-refractivity contribution < 1.29 is 9.53 Å². The molecule has 2 nitrogen and oxygen atoms in total. The molecular weight excluding hydrogens is 320 g/mol. The zero-order chi connectivity index (χ0) is 17.8. The van der Waals surface area contributed by atoms with E-state index in [0.717, 1.165) is 40.9 Å². The highest BCUT2D eigenvalue weighted by molar-refractivity contribution is 5.86. The average molecular weight is 340 g/mol. The van der Waals surface area contributed by atoms with Crippen LogP contribution in [0.3, 0.4) is 0 Å². The summed E-state index contributed by atoms with van der Waals surface area (Å²) in [5.74, 6) is 0.565. The van der Waals surface area contributed by atoms with Gasteiger partial charge >= 0.3 is 5.97 Å². The minimum absolute atomic E-state index is 0.209. The predicted octanol–water partition coefficient (Wildman–Crippen LogP) is 5.18. The topological polar surface area (TPSA) is 26.3 Å². The van der Waals surface area contributed by atoms with Gasteiger partial charge in [0.05, 0.1) is 6.42 Å². The minimum atomic E-state index is -0.209. The van der Waals surface area contributed by atoms with Crippen molar-refractivity contribution >= 4 is 11.5 Å². The van der Waals surface area contributed by atoms with Crippen LogP contribution in [-0.2, 0) is 22.4 Å². The molecule has 0 unspecified atom stereocenters. The molecule has 0 bridgehead atoms. The second-order valence-electron chi connectivity index (χ2n) is 6.46. The monoisotopic (exact) mass is 340 g/mol. The van der Waals surface area contributed by atoms with Crippen LogP contribution in [0.4, 0.5) is 0 Å². The van der Waals surface area contributed by atoms with E-state index in [2.05, 4.69) is 30.3 Å². The van der Waals surface area contributed by atoms with E-state index in [9.17, 15) is 4.79 Å². The predicted molar refractivity (Wildman–Crippen MR) is 103 cm³/mol. The lowest BCUT2D eigenvalue weighted by Gasteiger charge is -2.23. The first kappa shape index (κ1) is 16.3. The molecule has 0 saturated carbocycles. The summed E-state index contributed by atoms with van der Waals surface area (Å²) in [6, 6.07) is 28.3. The van der Waals surface area contributed by atoms with Crippen LogP contribution in [0.5, 0.6) is 0 Å². The Kier molecular flexibility index (Phi) is 4.65. The Hall–Kier alpha value is -3.13. The second-order valence-corrected chi connectivity index (χ2v) is 6.46. The van der Waals surface area contributed by atoms with Crippen molar-refractivity contribution in [1.82, 2.24) is 0 Å². The maximum atomic E-state index is 12.5. The van der Waals surface area contributed by atoms with Crippen LogP contribution in [0.15, 0.2) is 90.7 Å². The summed E-state index contributed by atoms with van der Waals surface area (Å²) < 4.78 is 5.86. The molecule has 0 fully saturated rings. The Morgan fingerprint density at radius 2 is 1.42 bits per heavy atom. The van der Waals surface area contributed by atoms with Crippen molar-refractivity contribution in [3.63, 3.8) is 0 Å². The number of fused-ring (bicyclic) bond motifs is 1. The quantitative estimate of drug-likeness (QED) is 0.612. The van der Waals surface area contributed by atoms with Gasteiger partial charge in [-0.2, -0.15) is 0 Å². The van der Waals surface area contributed by atoms with Crippen LogP contribution >= 0.6 is 0 Å². The molecule has 0 amide bonds.